The molecule has 3 aromatic carbocycles. The molecule has 0 aliphatic heterocycles. The van der Waals surface area contributed by atoms with Gasteiger partial charge in [0.1, 0.15) is 0 Å². The fourth-order valence-electron chi connectivity index (χ4n) is 2.42. The first kappa shape index (κ1) is 17.4. The van der Waals surface area contributed by atoms with Crippen LogP contribution >= 0.6 is 11.6 Å². The van der Waals surface area contributed by atoms with Crippen LogP contribution < -0.4 is 0 Å². The number of azide groups is 1. The van der Waals surface area contributed by atoms with Gasteiger partial charge in [0.05, 0.1) is 5.69 Å². The Morgan fingerprint density at radius 2 is 1.69 bits per heavy atom. The molecule has 0 saturated carbocycles. The van der Waals surface area contributed by atoms with Crippen molar-refractivity contribution in [2.45, 2.75) is 0 Å². The first-order chi connectivity index (χ1) is 12.7. The summed E-state index contributed by atoms with van der Waals surface area (Å²) in [4.78, 5) is 20.0. The maximum Gasteiger partial charge on any atom is 0.195 e. The maximum atomic E-state index is 12.8. The molecule has 0 amide bonds. The number of hydrogen-bond acceptors (Lipinski definition) is 3. The second-order valence-electron chi connectivity index (χ2n) is 5.36. The van der Waals surface area contributed by atoms with Crippen molar-refractivity contribution < 1.29 is 4.79 Å². The summed E-state index contributed by atoms with van der Waals surface area (Å²) in [5, 5.41) is 4.10. The predicted octanol–water partition coefficient (Wildman–Crippen LogP) is 6.26. The first-order valence-corrected chi connectivity index (χ1v) is 8.14. The quantitative estimate of drug-likeness (QED) is 0.174. The molecule has 0 bridgehead atoms. The lowest BCUT2D eigenvalue weighted by Gasteiger charge is -2.06. The van der Waals surface area contributed by atoms with Crippen molar-refractivity contribution in [1.82, 2.24) is 0 Å². The second-order valence-corrected chi connectivity index (χ2v) is 5.80. The molecule has 0 unspecified atom stereocenters. The minimum atomic E-state index is -0.163. The van der Waals surface area contributed by atoms with E-state index in [1.807, 2.05) is 12.1 Å². The third kappa shape index (κ3) is 3.98. The van der Waals surface area contributed by atoms with Crippen molar-refractivity contribution in [2.75, 3.05) is 0 Å². The largest absolute Gasteiger partial charge is 0.289 e. The molecule has 0 fully saturated rings. The number of ketones is 1. The molecule has 26 heavy (non-hydrogen) atoms. The molecule has 0 N–H and O–H groups in total. The molecule has 0 heterocycles. The van der Waals surface area contributed by atoms with Crippen LogP contribution in [0.4, 0.5) is 11.4 Å². The molecule has 0 aromatic heterocycles. The van der Waals surface area contributed by atoms with E-state index in [0.29, 0.717) is 33.1 Å². The molecular weight excluding hydrogens is 348 g/mol. The van der Waals surface area contributed by atoms with E-state index in [0.717, 1.165) is 0 Å². The lowest BCUT2D eigenvalue weighted by Crippen LogP contribution is -2.01. The van der Waals surface area contributed by atoms with E-state index in [4.69, 9.17) is 17.1 Å². The van der Waals surface area contributed by atoms with E-state index in [2.05, 4.69) is 15.0 Å². The number of nitrogens with zero attached hydrogens (tertiary/aromatic N) is 4. The number of halogens is 1. The topological polar surface area (TPSA) is 78.2 Å². The standard InChI is InChI=1S/C20H13ClN4O/c21-16-10-11-19(17(12-16)20(26)14-6-2-1-3-7-14)23-13-15-8-4-5-9-18(15)24-25-22/h1-13H. The van der Waals surface area contributed by atoms with Gasteiger partial charge in [-0.05, 0) is 23.7 Å². The summed E-state index contributed by atoms with van der Waals surface area (Å²) in [6.07, 6.45) is 1.56. The molecule has 5 nitrogen and oxygen atoms in total. The van der Waals surface area contributed by atoms with E-state index in [9.17, 15) is 4.79 Å². The smallest absolute Gasteiger partial charge is 0.195 e. The highest BCUT2D eigenvalue weighted by Crippen LogP contribution is 2.27. The maximum absolute atomic E-state index is 12.8. The van der Waals surface area contributed by atoms with Crippen molar-refractivity contribution in [3.05, 3.63) is 105 Å². The Kier molecular flexibility index (Phi) is 5.44. The Labute approximate surface area is 155 Å². The summed E-state index contributed by atoms with van der Waals surface area (Å²) in [6.45, 7) is 0. The number of benzene rings is 3. The fraction of sp³-hybridized carbons (Fsp3) is 0. The molecular formula is C20H13ClN4O. The third-order valence-corrected chi connectivity index (χ3v) is 3.91. The number of carbonyl (C=O) groups excluding carboxylic acids is 1. The van der Waals surface area contributed by atoms with E-state index in [1.165, 1.54) is 0 Å². The van der Waals surface area contributed by atoms with Crippen LogP contribution in [0.2, 0.25) is 5.02 Å². The highest BCUT2D eigenvalue weighted by atomic mass is 35.5. The van der Waals surface area contributed by atoms with E-state index < -0.39 is 0 Å². The summed E-state index contributed by atoms with van der Waals surface area (Å²) in [6, 6.07) is 21.0. The van der Waals surface area contributed by atoms with Gasteiger partial charge in [0.2, 0.25) is 0 Å². The Bertz CT molecular complexity index is 1020. The highest BCUT2D eigenvalue weighted by Gasteiger charge is 2.13. The Morgan fingerprint density at radius 3 is 2.46 bits per heavy atom. The lowest BCUT2D eigenvalue weighted by molar-refractivity contribution is 0.103. The molecule has 3 aromatic rings. The molecule has 0 saturated heterocycles. The second kappa shape index (κ2) is 8.12. The van der Waals surface area contributed by atoms with Crippen LogP contribution in [0.3, 0.4) is 0 Å². The van der Waals surface area contributed by atoms with Gasteiger partial charge in [-0.1, -0.05) is 71.3 Å². The number of aliphatic imine (C=N–C) groups is 1. The van der Waals surface area contributed by atoms with Gasteiger partial charge in [0.15, 0.2) is 5.78 Å². The monoisotopic (exact) mass is 360 g/mol. The van der Waals surface area contributed by atoms with E-state index >= 15 is 0 Å². The minimum absolute atomic E-state index is 0.163. The van der Waals surface area contributed by atoms with Crippen LogP contribution in [0.1, 0.15) is 21.5 Å². The van der Waals surface area contributed by atoms with E-state index in [1.54, 1.807) is 66.9 Å². The van der Waals surface area contributed by atoms with Crippen LogP contribution in [0, 0.1) is 0 Å². The van der Waals surface area contributed by atoms with Crippen LogP contribution in [-0.4, -0.2) is 12.0 Å². The molecule has 0 aliphatic rings. The van der Waals surface area contributed by atoms with Gasteiger partial charge in [-0.15, -0.1) is 0 Å². The minimum Gasteiger partial charge on any atom is -0.289 e. The summed E-state index contributed by atoms with van der Waals surface area (Å²) < 4.78 is 0. The van der Waals surface area contributed by atoms with Gasteiger partial charge < -0.3 is 0 Å². The van der Waals surface area contributed by atoms with Crippen molar-refractivity contribution >= 4 is 35.0 Å². The average molecular weight is 361 g/mol. The normalized spacial score (nSPS) is 10.5. The molecule has 6 heteroatoms. The van der Waals surface area contributed by atoms with Crippen LogP contribution in [-0.2, 0) is 0 Å². The molecule has 0 aliphatic carbocycles. The van der Waals surface area contributed by atoms with Gasteiger partial charge in [-0.3, -0.25) is 9.79 Å². The molecule has 0 atom stereocenters. The zero-order valence-corrected chi connectivity index (χ0v) is 14.3. The van der Waals surface area contributed by atoms with Gasteiger partial charge in [-0.2, -0.15) is 0 Å². The lowest BCUT2D eigenvalue weighted by atomic mass is 10.0. The Morgan fingerprint density at radius 1 is 0.962 bits per heavy atom. The van der Waals surface area contributed by atoms with Crippen LogP contribution in [0.15, 0.2) is 82.9 Å². The molecule has 3 rings (SSSR count). The summed E-state index contributed by atoms with van der Waals surface area (Å²) in [7, 11) is 0. The van der Waals surface area contributed by atoms with Gasteiger partial charge in [0.25, 0.3) is 0 Å². The van der Waals surface area contributed by atoms with Crippen molar-refractivity contribution in [1.29, 1.82) is 0 Å². The zero-order valence-electron chi connectivity index (χ0n) is 13.6. The van der Waals surface area contributed by atoms with Gasteiger partial charge in [0, 0.05) is 38.5 Å². The first-order valence-electron chi connectivity index (χ1n) is 7.76. The zero-order chi connectivity index (χ0) is 18.4. The molecule has 0 radical (unpaired) electrons. The van der Waals surface area contributed by atoms with Crippen molar-refractivity contribution in [3.63, 3.8) is 0 Å². The average Bonchev–Trinajstić information content (AvgIpc) is 2.68. The van der Waals surface area contributed by atoms with Gasteiger partial charge >= 0.3 is 0 Å². The predicted molar refractivity (Wildman–Crippen MR) is 104 cm³/mol. The third-order valence-electron chi connectivity index (χ3n) is 3.67. The number of hydrogen-bond donors (Lipinski definition) is 0. The summed E-state index contributed by atoms with van der Waals surface area (Å²) >= 11 is 6.07. The Balaban J connectivity index is 2.02. The van der Waals surface area contributed by atoms with E-state index in [-0.39, 0.29) is 5.78 Å². The number of rotatable bonds is 5. The summed E-state index contributed by atoms with van der Waals surface area (Å²) in [5.41, 5.74) is 11.2. The fourth-order valence-corrected chi connectivity index (χ4v) is 2.59. The van der Waals surface area contributed by atoms with Crippen LogP contribution in [0.5, 0.6) is 0 Å². The van der Waals surface area contributed by atoms with Gasteiger partial charge in [-0.25, -0.2) is 0 Å². The number of carbonyl (C=O) groups is 1. The molecule has 0 spiro atoms. The Hall–Kier alpha value is -3.40. The van der Waals surface area contributed by atoms with Crippen LogP contribution in [0.25, 0.3) is 10.4 Å². The van der Waals surface area contributed by atoms with Crippen molar-refractivity contribution in [3.8, 4) is 0 Å². The SMILES string of the molecule is [N-]=[N+]=Nc1ccccc1C=Nc1ccc(Cl)cc1C(=O)c1ccccc1. The van der Waals surface area contributed by atoms with Crippen molar-refractivity contribution in [2.24, 2.45) is 10.1 Å². The summed E-state index contributed by atoms with van der Waals surface area (Å²) in [5.74, 6) is -0.163. The highest BCUT2D eigenvalue weighted by molar-refractivity contribution is 6.31. The molecule has 126 valence electrons.